The average molecular weight is 305 g/mol. The third-order valence-electron chi connectivity index (χ3n) is 3.47. The molecule has 0 unspecified atom stereocenters. The van der Waals surface area contributed by atoms with E-state index in [9.17, 15) is 19.1 Å². The molecule has 2 N–H and O–H groups in total. The van der Waals surface area contributed by atoms with E-state index in [1.165, 1.54) is 35.6 Å². The van der Waals surface area contributed by atoms with Gasteiger partial charge in [0.2, 0.25) is 0 Å². The molecule has 0 atom stereocenters. The summed E-state index contributed by atoms with van der Waals surface area (Å²) in [6, 6.07) is 5.13. The van der Waals surface area contributed by atoms with E-state index in [1.54, 1.807) is 0 Å². The number of carboxylic acid groups (broad SMARTS) is 1. The van der Waals surface area contributed by atoms with E-state index in [-0.39, 0.29) is 5.56 Å². The fourth-order valence-electron chi connectivity index (χ4n) is 2.50. The van der Waals surface area contributed by atoms with Crippen LogP contribution in [0.2, 0.25) is 0 Å². The Balaban J connectivity index is 1.90. The Hall–Kier alpha value is -2.21. The van der Waals surface area contributed by atoms with Crippen molar-refractivity contribution in [3.8, 4) is 0 Å². The molecule has 108 valence electrons. The molecule has 6 heteroatoms. The molecule has 0 saturated heterocycles. The van der Waals surface area contributed by atoms with Crippen molar-refractivity contribution in [2.24, 2.45) is 0 Å². The smallest absolute Gasteiger partial charge is 0.339 e. The first-order chi connectivity index (χ1) is 10.1. The first-order valence-electron chi connectivity index (χ1n) is 6.51. The van der Waals surface area contributed by atoms with E-state index in [0.717, 1.165) is 29.7 Å². The highest BCUT2D eigenvalue weighted by Crippen LogP contribution is 2.39. The van der Waals surface area contributed by atoms with Gasteiger partial charge in [0.05, 0.1) is 5.56 Å². The van der Waals surface area contributed by atoms with Crippen LogP contribution in [0.1, 0.15) is 37.6 Å². The van der Waals surface area contributed by atoms with Gasteiger partial charge in [-0.25, -0.2) is 9.18 Å². The molecule has 1 aliphatic carbocycles. The molecule has 21 heavy (non-hydrogen) atoms. The van der Waals surface area contributed by atoms with Crippen LogP contribution in [0.25, 0.3) is 0 Å². The third kappa shape index (κ3) is 2.54. The molecule has 4 nitrogen and oxygen atoms in total. The summed E-state index contributed by atoms with van der Waals surface area (Å²) >= 11 is 1.32. The van der Waals surface area contributed by atoms with Crippen LogP contribution in [-0.4, -0.2) is 17.0 Å². The van der Waals surface area contributed by atoms with Crippen LogP contribution in [0, 0.1) is 5.82 Å². The molecule has 1 aliphatic rings. The van der Waals surface area contributed by atoms with Gasteiger partial charge in [-0.3, -0.25) is 4.79 Å². The number of aromatic carboxylic acids is 1. The van der Waals surface area contributed by atoms with Crippen molar-refractivity contribution >= 4 is 28.2 Å². The highest BCUT2D eigenvalue weighted by Gasteiger charge is 2.27. The predicted octanol–water partition coefficient (Wildman–Crippen LogP) is 3.33. The second-order valence-electron chi connectivity index (χ2n) is 4.83. The van der Waals surface area contributed by atoms with Crippen molar-refractivity contribution in [1.29, 1.82) is 0 Å². The molecule has 0 bridgehead atoms. The minimum atomic E-state index is -1.02. The van der Waals surface area contributed by atoms with Crippen molar-refractivity contribution in [2.75, 3.05) is 5.32 Å². The van der Waals surface area contributed by atoms with Gasteiger partial charge in [0.25, 0.3) is 5.91 Å². The molecular weight excluding hydrogens is 293 g/mol. The molecule has 0 fully saturated rings. The van der Waals surface area contributed by atoms with Crippen molar-refractivity contribution in [3.05, 3.63) is 51.7 Å². The first kappa shape index (κ1) is 13.8. The predicted molar refractivity (Wildman–Crippen MR) is 77.7 cm³/mol. The molecule has 1 aromatic carbocycles. The van der Waals surface area contributed by atoms with Crippen LogP contribution < -0.4 is 5.32 Å². The van der Waals surface area contributed by atoms with E-state index >= 15 is 0 Å². The second kappa shape index (κ2) is 5.29. The summed E-state index contributed by atoms with van der Waals surface area (Å²) in [6.07, 6.45) is 2.54. The zero-order chi connectivity index (χ0) is 15.0. The van der Waals surface area contributed by atoms with Crippen molar-refractivity contribution < 1.29 is 19.1 Å². The summed E-state index contributed by atoms with van der Waals surface area (Å²) < 4.78 is 12.8. The summed E-state index contributed by atoms with van der Waals surface area (Å²) in [5.41, 5.74) is 1.33. The Labute approximate surface area is 124 Å². The molecular formula is C15H12FNO3S. The van der Waals surface area contributed by atoms with Crippen LogP contribution in [0.5, 0.6) is 0 Å². The molecule has 1 amide bonds. The summed E-state index contributed by atoms with van der Waals surface area (Å²) in [6.45, 7) is 0. The topological polar surface area (TPSA) is 66.4 Å². The number of anilines is 1. The number of carbonyl (C=O) groups excluding carboxylic acids is 1. The van der Waals surface area contributed by atoms with Gasteiger partial charge in [0.15, 0.2) is 0 Å². The third-order valence-corrected chi connectivity index (χ3v) is 4.68. The lowest BCUT2D eigenvalue weighted by Crippen LogP contribution is -2.13. The number of carboxylic acids is 1. The Bertz CT molecular complexity index is 721. The van der Waals surface area contributed by atoms with Crippen LogP contribution in [0.15, 0.2) is 24.3 Å². The summed E-state index contributed by atoms with van der Waals surface area (Å²) in [5, 5.41) is 12.3. The molecule has 1 heterocycles. The fraction of sp³-hybridized carbons (Fsp3) is 0.200. The first-order valence-corrected chi connectivity index (χ1v) is 7.32. The maximum absolute atomic E-state index is 12.8. The number of carbonyl (C=O) groups is 2. The lowest BCUT2D eigenvalue weighted by molar-refractivity contribution is 0.0697. The summed E-state index contributed by atoms with van der Waals surface area (Å²) in [5.74, 6) is -1.88. The lowest BCUT2D eigenvalue weighted by atomic mass is 10.1. The molecule has 2 aromatic rings. The lowest BCUT2D eigenvalue weighted by Gasteiger charge is -2.05. The Kier molecular flexibility index (Phi) is 3.47. The average Bonchev–Trinajstić information content (AvgIpc) is 2.98. The number of rotatable bonds is 3. The van der Waals surface area contributed by atoms with Gasteiger partial charge in [0.1, 0.15) is 10.8 Å². The largest absolute Gasteiger partial charge is 0.478 e. The van der Waals surface area contributed by atoms with Crippen LogP contribution in [0.4, 0.5) is 9.39 Å². The molecule has 0 radical (unpaired) electrons. The zero-order valence-corrected chi connectivity index (χ0v) is 11.8. The number of aryl methyl sites for hydroxylation is 1. The number of hydrogen-bond donors (Lipinski definition) is 2. The molecule has 0 spiro atoms. The highest BCUT2D eigenvalue weighted by molar-refractivity contribution is 7.17. The standard InChI is InChI=1S/C15H12FNO3S/c16-9-6-4-8(5-7-9)13(18)17-14-12(15(19)20)10-2-1-3-11(10)21-14/h4-7H,1-3H2,(H,17,18)(H,19,20). The molecule has 0 saturated carbocycles. The number of benzene rings is 1. The Morgan fingerprint density at radius 2 is 1.90 bits per heavy atom. The maximum Gasteiger partial charge on any atom is 0.339 e. The van der Waals surface area contributed by atoms with Crippen molar-refractivity contribution in [2.45, 2.75) is 19.3 Å². The van der Waals surface area contributed by atoms with Crippen LogP contribution >= 0.6 is 11.3 Å². The highest BCUT2D eigenvalue weighted by atomic mass is 32.1. The molecule has 3 rings (SSSR count). The number of amides is 1. The van der Waals surface area contributed by atoms with E-state index in [4.69, 9.17) is 0 Å². The summed E-state index contributed by atoms with van der Waals surface area (Å²) in [7, 11) is 0. The van der Waals surface area contributed by atoms with E-state index in [1.807, 2.05) is 0 Å². The number of nitrogens with one attached hydrogen (secondary N) is 1. The van der Waals surface area contributed by atoms with E-state index < -0.39 is 17.7 Å². The van der Waals surface area contributed by atoms with Gasteiger partial charge >= 0.3 is 5.97 Å². The van der Waals surface area contributed by atoms with Crippen molar-refractivity contribution in [1.82, 2.24) is 0 Å². The number of halogens is 1. The quantitative estimate of drug-likeness (QED) is 0.914. The molecule has 1 aromatic heterocycles. The van der Waals surface area contributed by atoms with Gasteiger partial charge in [-0.2, -0.15) is 0 Å². The number of fused-ring (bicyclic) bond motifs is 1. The second-order valence-corrected chi connectivity index (χ2v) is 5.93. The monoisotopic (exact) mass is 305 g/mol. The zero-order valence-electron chi connectivity index (χ0n) is 11.0. The van der Waals surface area contributed by atoms with E-state index in [2.05, 4.69) is 5.32 Å². The minimum Gasteiger partial charge on any atom is -0.478 e. The SMILES string of the molecule is O=C(Nc1sc2c(c1C(=O)O)CCC2)c1ccc(F)cc1. The van der Waals surface area contributed by atoms with Crippen LogP contribution in [0.3, 0.4) is 0 Å². The Morgan fingerprint density at radius 1 is 1.19 bits per heavy atom. The summed E-state index contributed by atoms with van der Waals surface area (Å²) in [4.78, 5) is 24.5. The number of hydrogen-bond acceptors (Lipinski definition) is 3. The maximum atomic E-state index is 12.8. The van der Waals surface area contributed by atoms with Gasteiger partial charge in [-0.1, -0.05) is 0 Å². The van der Waals surface area contributed by atoms with Crippen molar-refractivity contribution in [3.63, 3.8) is 0 Å². The number of thiophene rings is 1. The van der Waals surface area contributed by atoms with Gasteiger partial charge < -0.3 is 10.4 Å². The molecule has 0 aliphatic heterocycles. The minimum absolute atomic E-state index is 0.197. The fourth-order valence-corrected chi connectivity index (χ4v) is 3.77. The van der Waals surface area contributed by atoms with Gasteiger partial charge in [-0.05, 0) is 49.1 Å². The van der Waals surface area contributed by atoms with Crippen LogP contribution in [-0.2, 0) is 12.8 Å². The van der Waals surface area contributed by atoms with Gasteiger partial charge in [-0.15, -0.1) is 11.3 Å². The normalized spacial score (nSPS) is 13.0. The van der Waals surface area contributed by atoms with Gasteiger partial charge in [0, 0.05) is 10.4 Å². The van der Waals surface area contributed by atoms with E-state index in [0.29, 0.717) is 10.6 Å². The Morgan fingerprint density at radius 3 is 2.57 bits per heavy atom.